The first-order valence-electron chi connectivity index (χ1n) is 6.65. The topological polar surface area (TPSA) is 59.4 Å². The van der Waals surface area contributed by atoms with Crippen molar-refractivity contribution in [2.75, 3.05) is 0 Å². The average molecular weight is 295 g/mol. The van der Waals surface area contributed by atoms with E-state index in [1.54, 1.807) is 18.4 Å². The van der Waals surface area contributed by atoms with Gasteiger partial charge in [0.05, 0.1) is 11.8 Å². The van der Waals surface area contributed by atoms with Crippen molar-refractivity contribution in [3.63, 3.8) is 0 Å². The van der Waals surface area contributed by atoms with Gasteiger partial charge in [-0.2, -0.15) is 0 Å². The van der Waals surface area contributed by atoms with E-state index in [4.69, 9.17) is 8.83 Å². The fourth-order valence-corrected chi connectivity index (χ4v) is 2.34. The minimum atomic E-state index is -0.717. The van der Waals surface area contributed by atoms with Gasteiger partial charge in [-0.15, -0.1) is 0 Å². The number of oxazole rings is 1. The monoisotopic (exact) mass is 295 g/mol. The lowest BCUT2D eigenvalue weighted by atomic mass is 10.1. The van der Waals surface area contributed by atoms with Gasteiger partial charge in [-0.05, 0) is 42.5 Å². The zero-order valence-corrected chi connectivity index (χ0v) is 11.3. The van der Waals surface area contributed by atoms with Gasteiger partial charge in [0, 0.05) is 5.56 Å². The van der Waals surface area contributed by atoms with Gasteiger partial charge in [0.2, 0.25) is 5.89 Å². The molecule has 0 aliphatic carbocycles. The molecule has 4 rings (SSSR count). The Kier molecular flexibility index (Phi) is 2.72. The van der Waals surface area contributed by atoms with Gasteiger partial charge in [-0.25, -0.2) is 9.37 Å². The van der Waals surface area contributed by atoms with Crippen molar-refractivity contribution < 1.29 is 18.3 Å². The third-order valence-electron chi connectivity index (χ3n) is 3.40. The highest BCUT2D eigenvalue weighted by atomic mass is 19.1. The number of hydrogen-bond donors (Lipinski definition) is 1. The summed E-state index contributed by atoms with van der Waals surface area (Å²) in [6, 6.07) is 13.2. The third-order valence-corrected chi connectivity index (χ3v) is 3.40. The Morgan fingerprint density at radius 3 is 2.73 bits per heavy atom. The predicted octanol–water partition coefficient (Wildman–Crippen LogP) is 4.60. The molecule has 0 saturated heterocycles. The fraction of sp³-hybridized carbons (Fsp3) is 0. The summed E-state index contributed by atoms with van der Waals surface area (Å²) >= 11 is 0. The molecule has 4 aromatic rings. The van der Waals surface area contributed by atoms with E-state index in [1.165, 1.54) is 12.1 Å². The van der Waals surface area contributed by atoms with Gasteiger partial charge in [0.25, 0.3) is 0 Å². The molecule has 0 aliphatic rings. The maximum Gasteiger partial charge on any atom is 0.227 e. The van der Waals surface area contributed by atoms with Crippen molar-refractivity contribution in [3.05, 3.63) is 60.6 Å². The van der Waals surface area contributed by atoms with Gasteiger partial charge in [0.15, 0.2) is 17.1 Å². The fourth-order valence-electron chi connectivity index (χ4n) is 2.34. The second-order valence-corrected chi connectivity index (χ2v) is 4.82. The maximum absolute atomic E-state index is 13.5. The minimum Gasteiger partial charge on any atom is -0.505 e. The summed E-state index contributed by atoms with van der Waals surface area (Å²) in [7, 11) is 0. The molecule has 0 unspecified atom stereocenters. The van der Waals surface area contributed by atoms with E-state index >= 15 is 0 Å². The molecule has 0 aliphatic heterocycles. The molecule has 4 nitrogen and oxygen atoms in total. The molecular formula is C17H10FNO3. The number of phenolic OH excluding ortho intramolecular Hbond substituents is 1. The van der Waals surface area contributed by atoms with Crippen LogP contribution in [0.1, 0.15) is 0 Å². The minimum absolute atomic E-state index is 0.285. The van der Waals surface area contributed by atoms with Crippen LogP contribution in [0.5, 0.6) is 5.75 Å². The first kappa shape index (κ1) is 12.6. The van der Waals surface area contributed by atoms with Crippen molar-refractivity contribution in [3.8, 4) is 28.5 Å². The molecule has 22 heavy (non-hydrogen) atoms. The molecule has 5 heteroatoms. The van der Waals surface area contributed by atoms with Crippen LogP contribution in [0, 0.1) is 5.82 Å². The molecule has 0 amide bonds. The number of para-hydroxylation sites is 1. The standard InChI is InChI=1S/C17H10FNO3/c18-12-9-10(6-7-14(12)20)17-19-13-4-1-3-11(16(13)22-17)15-5-2-8-21-15/h1-9,20H. The smallest absolute Gasteiger partial charge is 0.227 e. The average Bonchev–Trinajstić information content (AvgIpc) is 3.18. The molecule has 0 spiro atoms. The lowest BCUT2D eigenvalue weighted by Gasteiger charge is -1.98. The van der Waals surface area contributed by atoms with Crippen LogP contribution >= 0.6 is 0 Å². The molecule has 0 atom stereocenters. The van der Waals surface area contributed by atoms with Crippen molar-refractivity contribution in [2.45, 2.75) is 0 Å². The van der Waals surface area contributed by atoms with Gasteiger partial charge in [0.1, 0.15) is 11.3 Å². The number of aromatic hydroxyl groups is 1. The van der Waals surface area contributed by atoms with Crippen LogP contribution in [0.4, 0.5) is 4.39 Å². The maximum atomic E-state index is 13.5. The zero-order chi connectivity index (χ0) is 15.1. The molecular weight excluding hydrogens is 285 g/mol. The van der Waals surface area contributed by atoms with Crippen molar-refractivity contribution in [1.82, 2.24) is 4.98 Å². The predicted molar refractivity (Wildman–Crippen MR) is 78.8 cm³/mol. The van der Waals surface area contributed by atoms with E-state index in [-0.39, 0.29) is 5.89 Å². The first-order valence-corrected chi connectivity index (χ1v) is 6.65. The van der Waals surface area contributed by atoms with Crippen molar-refractivity contribution >= 4 is 11.1 Å². The van der Waals surface area contributed by atoms with E-state index in [1.807, 2.05) is 24.3 Å². The number of fused-ring (bicyclic) bond motifs is 1. The van der Waals surface area contributed by atoms with Crippen LogP contribution in [0.2, 0.25) is 0 Å². The number of halogens is 1. The zero-order valence-electron chi connectivity index (χ0n) is 11.3. The number of benzene rings is 2. The Labute approximate surface area is 124 Å². The molecule has 2 aromatic heterocycles. The van der Waals surface area contributed by atoms with Crippen LogP contribution in [-0.2, 0) is 0 Å². The Bertz CT molecular complexity index is 957. The highest BCUT2D eigenvalue weighted by Gasteiger charge is 2.15. The second-order valence-electron chi connectivity index (χ2n) is 4.82. The first-order chi connectivity index (χ1) is 10.7. The molecule has 0 bridgehead atoms. The van der Waals surface area contributed by atoms with Crippen LogP contribution < -0.4 is 0 Å². The van der Waals surface area contributed by atoms with E-state index < -0.39 is 11.6 Å². The Hall–Kier alpha value is -3.08. The molecule has 108 valence electrons. The molecule has 2 heterocycles. The normalized spacial score (nSPS) is 11.1. The summed E-state index contributed by atoms with van der Waals surface area (Å²) in [6.07, 6.45) is 1.58. The van der Waals surface area contributed by atoms with E-state index in [0.717, 1.165) is 5.56 Å². The van der Waals surface area contributed by atoms with Crippen LogP contribution in [0.25, 0.3) is 33.9 Å². The molecule has 0 radical (unpaired) electrons. The number of hydrogen-bond acceptors (Lipinski definition) is 4. The summed E-state index contributed by atoms with van der Waals surface area (Å²) in [6.45, 7) is 0. The van der Waals surface area contributed by atoms with E-state index in [2.05, 4.69) is 4.98 Å². The van der Waals surface area contributed by atoms with Crippen LogP contribution in [0.15, 0.2) is 63.6 Å². The van der Waals surface area contributed by atoms with E-state index in [0.29, 0.717) is 22.4 Å². The van der Waals surface area contributed by atoms with Gasteiger partial charge in [-0.1, -0.05) is 6.07 Å². The number of phenols is 1. The summed E-state index contributed by atoms with van der Waals surface area (Å²) < 4.78 is 24.7. The number of aromatic nitrogens is 1. The summed E-state index contributed by atoms with van der Waals surface area (Å²) in [5.41, 5.74) is 2.45. The van der Waals surface area contributed by atoms with Gasteiger partial charge < -0.3 is 13.9 Å². The summed E-state index contributed by atoms with van der Waals surface area (Å²) in [4.78, 5) is 4.37. The SMILES string of the molecule is Oc1ccc(-c2nc3cccc(-c4ccco4)c3o2)cc1F. The van der Waals surface area contributed by atoms with E-state index in [9.17, 15) is 9.50 Å². The highest BCUT2D eigenvalue weighted by Crippen LogP contribution is 2.33. The van der Waals surface area contributed by atoms with Gasteiger partial charge in [-0.3, -0.25) is 0 Å². The summed E-state index contributed by atoms with van der Waals surface area (Å²) in [5, 5.41) is 9.26. The lowest BCUT2D eigenvalue weighted by molar-refractivity contribution is 0.432. The Balaban J connectivity index is 1.91. The molecule has 2 aromatic carbocycles. The second kappa shape index (κ2) is 4.73. The quantitative estimate of drug-likeness (QED) is 0.587. The van der Waals surface area contributed by atoms with Crippen LogP contribution in [0.3, 0.4) is 0 Å². The largest absolute Gasteiger partial charge is 0.505 e. The van der Waals surface area contributed by atoms with Crippen molar-refractivity contribution in [1.29, 1.82) is 0 Å². The third kappa shape index (κ3) is 1.95. The summed E-state index contributed by atoms with van der Waals surface area (Å²) in [5.74, 6) is -0.166. The molecule has 0 saturated carbocycles. The van der Waals surface area contributed by atoms with Crippen molar-refractivity contribution in [2.24, 2.45) is 0 Å². The Morgan fingerprint density at radius 2 is 1.95 bits per heavy atom. The lowest BCUT2D eigenvalue weighted by Crippen LogP contribution is -1.80. The van der Waals surface area contributed by atoms with Gasteiger partial charge >= 0.3 is 0 Å². The molecule has 0 fully saturated rings. The molecule has 1 N–H and O–H groups in total. The highest BCUT2D eigenvalue weighted by molar-refractivity contribution is 5.90. The number of rotatable bonds is 2. The van der Waals surface area contributed by atoms with Crippen LogP contribution in [-0.4, -0.2) is 10.1 Å². The number of nitrogens with zero attached hydrogens (tertiary/aromatic N) is 1. The Morgan fingerprint density at radius 1 is 1.05 bits per heavy atom. The number of furan rings is 1.